The van der Waals surface area contributed by atoms with Crippen molar-refractivity contribution in [2.24, 2.45) is 5.92 Å². The maximum atomic E-state index is 12.4. The van der Waals surface area contributed by atoms with Crippen LogP contribution in [0.5, 0.6) is 5.75 Å². The Hall–Kier alpha value is -2.04. The Balaban J connectivity index is 1.88. The third-order valence-corrected chi connectivity index (χ3v) is 3.85. The SMILES string of the molecule is CCOC(=O)C(C)CN(C(=O)COc1ccc(C)cc1)C1CC1. The molecule has 126 valence electrons. The molecule has 1 fully saturated rings. The van der Waals surface area contributed by atoms with Gasteiger partial charge in [-0.1, -0.05) is 24.6 Å². The number of hydrogen-bond donors (Lipinski definition) is 0. The predicted octanol–water partition coefficient (Wildman–Crippen LogP) is 2.56. The van der Waals surface area contributed by atoms with Gasteiger partial charge in [-0.15, -0.1) is 0 Å². The van der Waals surface area contributed by atoms with E-state index in [9.17, 15) is 9.59 Å². The molecule has 0 bridgehead atoms. The fraction of sp³-hybridized carbons (Fsp3) is 0.556. The zero-order valence-electron chi connectivity index (χ0n) is 14.1. The molecule has 1 aliphatic carbocycles. The summed E-state index contributed by atoms with van der Waals surface area (Å²) in [4.78, 5) is 26.0. The summed E-state index contributed by atoms with van der Waals surface area (Å²) in [7, 11) is 0. The number of amides is 1. The molecule has 0 saturated heterocycles. The summed E-state index contributed by atoms with van der Waals surface area (Å²) in [5.41, 5.74) is 1.14. The average molecular weight is 319 g/mol. The number of carbonyl (C=O) groups is 2. The van der Waals surface area contributed by atoms with Crippen molar-refractivity contribution in [2.75, 3.05) is 19.8 Å². The second-order valence-electron chi connectivity index (χ2n) is 6.03. The molecule has 0 heterocycles. The van der Waals surface area contributed by atoms with Crippen LogP contribution in [-0.2, 0) is 14.3 Å². The standard InChI is InChI=1S/C18H25NO4/c1-4-22-18(21)14(3)11-19(15-7-8-15)17(20)12-23-16-9-5-13(2)6-10-16/h5-6,9-10,14-15H,4,7-8,11-12H2,1-3H3. The van der Waals surface area contributed by atoms with E-state index in [-0.39, 0.29) is 30.4 Å². The summed E-state index contributed by atoms with van der Waals surface area (Å²) in [6.07, 6.45) is 1.98. The average Bonchev–Trinajstić information content (AvgIpc) is 3.36. The second-order valence-corrected chi connectivity index (χ2v) is 6.03. The molecule has 0 spiro atoms. The molecule has 5 heteroatoms. The first-order valence-corrected chi connectivity index (χ1v) is 8.16. The quantitative estimate of drug-likeness (QED) is 0.691. The van der Waals surface area contributed by atoms with Crippen LogP contribution in [0.15, 0.2) is 24.3 Å². The highest BCUT2D eigenvalue weighted by molar-refractivity contribution is 5.79. The van der Waals surface area contributed by atoms with Gasteiger partial charge in [0.05, 0.1) is 12.5 Å². The van der Waals surface area contributed by atoms with Crippen LogP contribution in [0.4, 0.5) is 0 Å². The highest BCUT2D eigenvalue weighted by atomic mass is 16.5. The van der Waals surface area contributed by atoms with Gasteiger partial charge >= 0.3 is 5.97 Å². The smallest absolute Gasteiger partial charge is 0.310 e. The van der Waals surface area contributed by atoms with Crippen LogP contribution in [-0.4, -0.2) is 42.6 Å². The van der Waals surface area contributed by atoms with E-state index in [1.54, 1.807) is 18.7 Å². The molecule has 0 aliphatic heterocycles. The first-order valence-electron chi connectivity index (χ1n) is 8.16. The van der Waals surface area contributed by atoms with E-state index in [1.807, 2.05) is 31.2 Å². The van der Waals surface area contributed by atoms with Crippen molar-refractivity contribution in [3.05, 3.63) is 29.8 Å². The van der Waals surface area contributed by atoms with Gasteiger partial charge in [-0.25, -0.2) is 0 Å². The molecule has 2 rings (SSSR count). The van der Waals surface area contributed by atoms with E-state index in [2.05, 4.69) is 0 Å². The molecule has 1 amide bonds. The Bertz CT molecular complexity index is 536. The monoisotopic (exact) mass is 319 g/mol. The number of esters is 1. The third kappa shape index (κ3) is 5.27. The van der Waals surface area contributed by atoms with Crippen LogP contribution >= 0.6 is 0 Å². The number of hydrogen-bond acceptors (Lipinski definition) is 4. The highest BCUT2D eigenvalue weighted by Crippen LogP contribution is 2.28. The summed E-state index contributed by atoms with van der Waals surface area (Å²) >= 11 is 0. The summed E-state index contributed by atoms with van der Waals surface area (Å²) in [6.45, 7) is 6.32. The summed E-state index contributed by atoms with van der Waals surface area (Å²) in [5, 5.41) is 0. The maximum Gasteiger partial charge on any atom is 0.310 e. The van der Waals surface area contributed by atoms with E-state index < -0.39 is 0 Å². The Kier molecular flexibility index (Phi) is 6.02. The lowest BCUT2D eigenvalue weighted by atomic mass is 10.1. The van der Waals surface area contributed by atoms with Crippen LogP contribution in [0, 0.1) is 12.8 Å². The summed E-state index contributed by atoms with van der Waals surface area (Å²) < 4.78 is 10.6. The fourth-order valence-electron chi connectivity index (χ4n) is 2.36. The molecular formula is C18H25NO4. The van der Waals surface area contributed by atoms with Crippen molar-refractivity contribution in [3.63, 3.8) is 0 Å². The van der Waals surface area contributed by atoms with Crippen molar-refractivity contribution in [2.45, 2.75) is 39.7 Å². The zero-order chi connectivity index (χ0) is 16.8. The molecule has 0 radical (unpaired) electrons. The van der Waals surface area contributed by atoms with Gasteiger partial charge in [0.15, 0.2) is 6.61 Å². The van der Waals surface area contributed by atoms with Crippen molar-refractivity contribution in [1.29, 1.82) is 0 Å². The molecule has 1 aromatic rings. The van der Waals surface area contributed by atoms with E-state index in [0.717, 1.165) is 18.4 Å². The minimum absolute atomic E-state index is 0.00485. The van der Waals surface area contributed by atoms with Gasteiger partial charge in [0.1, 0.15) is 5.75 Å². The van der Waals surface area contributed by atoms with Crippen LogP contribution in [0.2, 0.25) is 0 Å². The fourth-order valence-corrected chi connectivity index (χ4v) is 2.36. The third-order valence-electron chi connectivity index (χ3n) is 3.85. The van der Waals surface area contributed by atoms with Gasteiger partial charge in [0, 0.05) is 12.6 Å². The lowest BCUT2D eigenvalue weighted by Gasteiger charge is -2.25. The van der Waals surface area contributed by atoms with Crippen molar-refractivity contribution >= 4 is 11.9 Å². The molecule has 1 saturated carbocycles. The Morgan fingerprint density at radius 3 is 2.48 bits per heavy atom. The van der Waals surface area contributed by atoms with Crippen LogP contribution in [0.1, 0.15) is 32.3 Å². The molecule has 0 N–H and O–H groups in total. The topological polar surface area (TPSA) is 55.8 Å². The summed E-state index contributed by atoms with van der Waals surface area (Å²) in [5.74, 6) is 0.0200. The lowest BCUT2D eigenvalue weighted by molar-refractivity contribution is -0.149. The van der Waals surface area contributed by atoms with Crippen molar-refractivity contribution in [3.8, 4) is 5.75 Å². The van der Waals surface area contributed by atoms with Crippen LogP contribution < -0.4 is 4.74 Å². The zero-order valence-corrected chi connectivity index (χ0v) is 14.1. The molecular weight excluding hydrogens is 294 g/mol. The molecule has 23 heavy (non-hydrogen) atoms. The minimum atomic E-state index is -0.320. The number of carbonyl (C=O) groups excluding carboxylic acids is 2. The number of nitrogens with zero attached hydrogens (tertiary/aromatic N) is 1. The van der Waals surface area contributed by atoms with E-state index >= 15 is 0 Å². The van der Waals surface area contributed by atoms with E-state index in [1.165, 1.54) is 0 Å². The van der Waals surface area contributed by atoms with Gasteiger partial charge in [-0.05, 0) is 38.8 Å². The largest absolute Gasteiger partial charge is 0.484 e. The van der Waals surface area contributed by atoms with E-state index in [0.29, 0.717) is 18.9 Å². The van der Waals surface area contributed by atoms with Gasteiger partial charge in [-0.2, -0.15) is 0 Å². The van der Waals surface area contributed by atoms with Crippen LogP contribution in [0.25, 0.3) is 0 Å². The van der Waals surface area contributed by atoms with E-state index in [4.69, 9.17) is 9.47 Å². The van der Waals surface area contributed by atoms with Gasteiger partial charge in [-0.3, -0.25) is 9.59 Å². The Labute approximate surface area is 137 Å². The molecule has 0 aromatic heterocycles. The van der Waals surface area contributed by atoms with Gasteiger partial charge < -0.3 is 14.4 Å². The molecule has 1 atom stereocenters. The Morgan fingerprint density at radius 1 is 1.26 bits per heavy atom. The normalized spacial score (nSPS) is 14.9. The molecule has 5 nitrogen and oxygen atoms in total. The predicted molar refractivity (Wildman–Crippen MR) is 87.2 cm³/mol. The number of ether oxygens (including phenoxy) is 2. The first kappa shape index (κ1) is 17.3. The summed E-state index contributed by atoms with van der Waals surface area (Å²) in [6, 6.07) is 7.83. The van der Waals surface area contributed by atoms with Gasteiger partial charge in [0.2, 0.25) is 0 Å². The van der Waals surface area contributed by atoms with Gasteiger partial charge in [0.25, 0.3) is 5.91 Å². The molecule has 1 aromatic carbocycles. The molecule has 1 aliphatic rings. The van der Waals surface area contributed by atoms with Crippen molar-refractivity contribution in [1.82, 2.24) is 4.90 Å². The number of rotatable bonds is 8. The van der Waals surface area contributed by atoms with Crippen molar-refractivity contribution < 1.29 is 19.1 Å². The number of benzene rings is 1. The minimum Gasteiger partial charge on any atom is -0.484 e. The second kappa shape index (κ2) is 7.99. The maximum absolute atomic E-state index is 12.4. The molecule has 1 unspecified atom stereocenters. The lowest BCUT2D eigenvalue weighted by Crippen LogP contribution is -2.41. The Morgan fingerprint density at radius 2 is 1.91 bits per heavy atom. The van der Waals surface area contributed by atoms with Crippen LogP contribution in [0.3, 0.4) is 0 Å². The highest BCUT2D eigenvalue weighted by Gasteiger charge is 2.34. The first-order chi connectivity index (χ1) is 11.0. The number of aryl methyl sites for hydroxylation is 1.